The first-order valence-corrected chi connectivity index (χ1v) is 7.34. The predicted octanol–water partition coefficient (Wildman–Crippen LogP) is 2.54. The van der Waals surface area contributed by atoms with Crippen LogP contribution in [0.5, 0.6) is 11.5 Å². The van der Waals surface area contributed by atoms with Crippen molar-refractivity contribution >= 4 is 11.9 Å². The third-order valence-corrected chi connectivity index (χ3v) is 2.87. The first-order valence-electron chi connectivity index (χ1n) is 7.34. The van der Waals surface area contributed by atoms with Crippen LogP contribution in [0, 0.1) is 0 Å². The minimum Gasteiger partial charge on any atom is -0.497 e. The lowest BCUT2D eigenvalue weighted by molar-refractivity contribution is -0.142. The number of esters is 2. The van der Waals surface area contributed by atoms with Gasteiger partial charge in [0.2, 0.25) is 0 Å². The van der Waals surface area contributed by atoms with Gasteiger partial charge >= 0.3 is 11.9 Å². The molecule has 0 unspecified atom stereocenters. The lowest BCUT2D eigenvalue weighted by Gasteiger charge is -2.15. The summed E-state index contributed by atoms with van der Waals surface area (Å²) >= 11 is 0. The maximum atomic E-state index is 12.3. The Bertz CT molecular complexity index is 564. The van der Waals surface area contributed by atoms with E-state index in [9.17, 15) is 9.59 Å². The van der Waals surface area contributed by atoms with Crippen LogP contribution < -0.4 is 9.47 Å². The van der Waals surface area contributed by atoms with Crippen LogP contribution in [0.3, 0.4) is 0 Å². The number of rotatable bonds is 9. The second-order valence-corrected chi connectivity index (χ2v) is 4.46. The van der Waals surface area contributed by atoms with Crippen molar-refractivity contribution in [2.45, 2.75) is 20.3 Å². The molecular weight excluding hydrogens is 300 g/mol. The molecule has 1 rings (SSSR count). The number of carbonyl (C=O) groups excluding carboxylic acids is 2. The number of carbonyl (C=O) groups is 2. The summed E-state index contributed by atoms with van der Waals surface area (Å²) in [4.78, 5) is 24.1. The van der Waals surface area contributed by atoms with Gasteiger partial charge in [0.1, 0.15) is 23.7 Å². The van der Waals surface area contributed by atoms with Gasteiger partial charge in [-0.3, -0.25) is 4.79 Å². The van der Waals surface area contributed by atoms with Crippen LogP contribution in [0.2, 0.25) is 0 Å². The van der Waals surface area contributed by atoms with Gasteiger partial charge in [-0.05, 0) is 25.5 Å². The molecular formula is C17H22O6. The molecule has 0 saturated heterocycles. The van der Waals surface area contributed by atoms with Crippen LogP contribution in [0.25, 0.3) is 0 Å². The highest BCUT2D eigenvalue weighted by molar-refractivity contribution is 5.96. The molecule has 1 aromatic rings. The molecule has 0 aliphatic carbocycles. The lowest BCUT2D eigenvalue weighted by Crippen LogP contribution is -2.15. The van der Waals surface area contributed by atoms with Crippen LogP contribution >= 0.6 is 0 Å². The summed E-state index contributed by atoms with van der Waals surface area (Å²) in [5.74, 6) is -0.257. The van der Waals surface area contributed by atoms with Gasteiger partial charge in [0.05, 0.1) is 26.7 Å². The maximum absolute atomic E-state index is 12.3. The van der Waals surface area contributed by atoms with E-state index in [4.69, 9.17) is 18.9 Å². The molecule has 23 heavy (non-hydrogen) atoms. The molecule has 0 aliphatic heterocycles. The van der Waals surface area contributed by atoms with Crippen molar-refractivity contribution in [3.05, 3.63) is 35.9 Å². The Kier molecular flexibility index (Phi) is 7.66. The Hall–Kier alpha value is -2.50. The molecule has 0 radical (unpaired) electrons. The highest BCUT2D eigenvalue weighted by atomic mass is 16.5. The SMILES string of the molecule is C=CCOc1cc(OC)cc(CC(=O)OCC)c1C(=O)OCC. The molecule has 126 valence electrons. The molecule has 0 bridgehead atoms. The smallest absolute Gasteiger partial charge is 0.342 e. The summed E-state index contributed by atoms with van der Waals surface area (Å²) in [6.07, 6.45) is 1.48. The molecule has 0 amide bonds. The first-order chi connectivity index (χ1) is 11.1. The zero-order valence-corrected chi connectivity index (χ0v) is 13.7. The van der Waals surface area contributed by atoms with Crippen molar-refractivity contribution in [2.75, 3.05) is 26.9 Å². The highest BCUT2D eigenvalue weighted by Gasteiger charge is 2.22. The fourth-order valence-electron chi connectivity index (χ4n) is 1.97. The van der Waals surface area contributed by atoms with Gasteiger partial charge in [-0.15, -0.1) is 0 Å². The molecule has 6 heteroatoms. The van der Waals surface area contributed by atoms with Gasteiger partial charge in [0, 0.05) is 6.07 Å². The van der Waals surface area contributed by atoms with E-state index in [0.717, 1.165) is 0 Å². The average molecular weight is 322 g/mol. The quantitative estimate of drug-likeness (QED) is 0.514. The third kappa shape index (κ3) is 5.32. The largest absolute Gasteiger partial charge is 0.497 e. The van der Waals surface area contributed by atoms with Crippen LogP contribution in [-0.2, 0) is 20.7 Å². The van der Waals surface area contributed by atoms with Crippen LogP contribution in [-0.4, -0.2) is 38.9 Å². The van der Waals surface area contributed by atoms with E-state index in [-0.39, 0.29) is 37.6 Å². The van der Waals surface area contributed by atoms with E-state index in [1.807, 2.05) is 0 Å². The third-order valence-electron chi connectivity index (χ3n) is 2.87. The molecule has 0 spiro atoms. The summed E-state index contributed by atoms with van der Waals surface area (Å²) in [6.45, 7) is 7.68. The van der Waals surface area contributed by atoms with Crippen LogP contribution in [0.1, 0.15) is 29.8 Å². The topological polar surface area (TPSA) is 71.1 Å². The molecule has 0 saturated carbocycles. The summed E-state index contributed by atoms with van der Waals surface area (Å²) in [6, 6.07) is 3.17. The van der Waals surface area contributed by atoms with Crippen molar-refractivity contribution in [3.8, 4) is 11.5 Å². The monoisotopic (exact) mass is 322 g/mol. The van der Waals surface area contributed by atoms with Gasteiger partial charge in [-0.1, -0.05) is 12.7 Å². The second-order valence-electron chi connectivity index (χ2n) is 4.46. The van der Waals surface area contributed by atoms with Gasteiger partial charge in [-0.25, -0.2) is 4.79 Å². The molecule has 0 aromatic heterocycles. The molecule has 0 aliphatic rings. The molecule has 0 N–H and O–H groups in total. The van der Waals surface area contributed by atoms with E-state index in [1.54, 1.807) is 32.1 Å². The van der Waals surface area contributed by atoms with Crippen molar-refractivity contribution in [2.24, 2.45) is 0 Å². The second kappa shape index (κ2) is 9.50. The van der Waals surface area contributed by atoms with Gasteiger partial charge < -0.3 is 18.9 Å². The summed E-state index contributed by atoms with van der Waals surface area (Å²) in [5, 5.41) is 0. The molecule has 1 aromatic carbocycles. The number of ether oxygens (including phenoxy) is 4. The Morgan fingerprint density at radius 3 is 2.43 bits per heavy atom. The highest BCUT2D eigenvalue weighted by Crippen LogP contribution is 2.30. The number of hydrogen-bond donors (Lipinski definition) is 0. The maximum Gasteiger partial charge on any atom is 0.342 e. The van der Waals surface area contributed by atoms with E-state index < -0.39 is 11.9 Å². The summed E-state index contributed by atoms with van der Waals surface area (Å²) in [5.41, 5.74) is 0.628. The van der Waals surface area contributed by atoms with Gasteiger partial charge in [0.15, 0.2) is 0 Å². The standard InChI is InChI=1S/C17H22O6/c1-5-8-23-14-11-13(20-4)9-12(10-15(18)21-6-2)16(14)17(19)22-7-3/h5,9,11H,1,6-8,10H2,2-4H3. The average Bonchev–Trinajstić information content (AvgIpc) is 2.52. The van der Waals surface area contributed by atoms with Crippen molar-refractivity contribution in [3.63, 3.8) is 0 Å². The number of methoxy groups -OCH3 is 1. The fourth-order valence-corrected chi connectivity index (χ4v) is 1.97. The van der Waals surface area contributed by atoms with Gasteiger partial charge in [0.25, 0.3) is 0 Å². The first kappa shape index (κ1) is 18.5. The van der Waals surface area contributed by atoms with Crippen molar-refractivity contribution in [1.29, 1.82) is 0 Å². The molecule has 0 heterocycles. The van der Waals surface area contributed by atoms with Gasteiger partial charge in [-0.2, -0.15) is 0 Å². The minimum absolute atomic E-state index is 0.0797. The molecule has 0 atom stereocenters. The zero-order valence-electron chi connectivity index (χ0n) is 13.7. The van der Waals surface area contributed by atoms with E-state index >= 15 is 0 Å². The summed E-state index contributed by atoms with van der Waals surface area (Å²) in [7, 11) is 1.49. The normalized spacial score (nSPS) is 9.87. The minimum atomic E-state index is -0.562. The van der Waals surface area contributed by atoms with Crippen LogP contribution in [0.4, 0.5) is 0 Å². The number of benzene rings is 1. The Morgan fingerprint density at radius 1 is 1.17 bits per heavy atom. The lowest BCUT2D eigenvalue weighted by atomic mass is 10.0. The molecule has 0 fully saturated rings. The zero-order chi connectivity index (χ0) is 17.2. The Morgan fingerprint density at radius 2 is 1.87 bits per heavy atom. The number of hydrogen-bond acceptors (Lipinski definition) is 6. The van der Waals surface area contributed by atoms with E-state index in [0.29, 0.717) is 11.3 Å². The summed E-state index contributed by atoms with van der Waals surface area (Å²) < 4.78 is 20.7. The van der Waals surface area contributed by atoms with Crippen molar-refractivity contribution in [1.82, 2.24) is 0 Å². The van der Waals surface area contributed by atoms with Crippen molar-refractivity contribution < 1.29 is 28.5 Å². The Balaban J connectivity index is 3.32. The molecule has 6 nitrogen and oxygen atoms in total. The van der Waals surface area contributed by atoms with E-state index in [1.165, 1.54) is 7.11 Å². The van der Waals surface area contributed by atoms with Crippen LogP contribution in [0.15, 0.2) is 24.8 Å². The van der Waals surface area contributed by atoms with E-state index in [2.05, 4.69) is 6.58 Å². The Labute approximate surface area is 136 Å². The fraction of sp³-hybridized carbons (Fsp3) is 0.412. The predicted molar refractivity (Wildman–Crippen MR) is 85.0 cm³/mol.